The first-order valence-electron chi connectivity index (χ1n) is 11.3. The molecule has 2 aromatic carbocycles. The lowest BCUT2D eigenvalue weighted by molar-refractivity contribution is 0.208. The fourth-order valence-electron chi connectivity index (χ4n) is 4.31. The number of furan rings is 1. The van der Waals surface area contributed by atoms with Crippen molar-refractivity contribution in [2.24, 2.45) is 0 Å². The second kappa shape index (κ2) is 9.55. The van der Waals surface area contributed by atoms with Crippen LogP contribution in [0.3, 0.4) is 0 Å². The predicted molar refractivity (Wildman–Crippen MR) is 127 cm³/mol. The summed E-state index contributed by atoms with van der Waals surface area (Å²) < 4.78 is 12.1. The zero-order valence-corrected chi connectivity index (χ0v) is 18.5. The van der Waals surface area contributed by atoms with E-state index in [1.165, 1.54) is 11.1 Å². The number of fused-ring (bicyclic) bond motifs is 2. The summed E-state index contributed by atoms with van der Waals surface area (Å²) in [6.45, 7) is 5.09. The van der Waals surface area contributed by atoms with Crippen LogP contribution in [0, 0.1) is 0 Å². The smallest absolute Gasteiger partial charge is 0.134 e. The molecule has 0 spiro atoms. The van der Waals surface area contributed by atoms with Gasteiger partial charge in [-0.1, -0.05) is 30.3 Å². The monoisotopic (exact) mass is 427 g/mol. The topological polar surface area (TPSA) is 41.7 Å². The number of para-hydroxylation sites is 1. The highest BCUT2D eigenvalue weighted by Gasteiger charge is 2.18. The summed E-state index contributed by atoms with van der Waals surface area (Å²) in [5.74, 6) is 2.00. The molecule has 5 nitrogen and oxygen atoms in total. The molecular formula is C27H29N3O2. The molecule has 4 aromatic rings. The highest BCUT2D eigenvalue weighted by atomic mass is 16.5. The van der Waals surface area contributed by atoms with Crippen molar-refractivity contribution in [1.82, 2.24) is 14.8 Å². The van der Waals surface area contributed by atoms with E-state index in [1.807, 2.05) is 36.5 Å². The molecule has 1 aliphatic rings. The van der Waals surface area contributed by atoms with Crippen LogP contribution < -0.4 is 4.74 Å². The van der Waals surface area contributed by atoms with Gasteiger partial charge in [-0.2, -0.15) is 0 Å². The van der Waals surface area contributed by atoms with Crippen molar-refractivity contribution >= 4 is 11.0 Å². The molecule has 0 saturated heterocycles. The summed E-state index contributed by atoms with van der Waals surface area (Å²) in [7, 11) is 2.17. The van der Waals surface area contributed by atoms with E-state index in [2.05, 4.69) is 58.2 Å². The van der Waals surface area contributed by atoms with Crippen molar-refractivity contribution in [3.05, 3.63) is 95.5 Å². The summed E-state index contributed by atoms with van der Waals surface area (Å²) in [6, 6.07) is 23.0. The molecule has 164 valence electrons. The molecule has 0 atom stereocenters. The Morgan fingerprint density at radius 3 is 2.81 bits per heavy atom. The molecule has 0 N–H and O–H groups in total. The number of nitrogens with zero attached hydrogens (tertiary/aromatic N) is 3. The Bertz CT molecular complexity index is 1140. The molecule has 2 aromatic heterocycles. The summed E-state index contributed by atoms with van der Waals surface area (Å²) in [5.41, 5.74) is 4.64. The number of pyridine rings is 1. The fraction of sp³-hybridized carbons (Fsp3) is 0.296. The third kappa shape index (κ3) is 5.01. The van der Waals surface area contributed by atoms with Crippen molar-refractivity contribution in [3.63, 3.8) is 0 Å². The lowest BCUT2D eigenvalue weighted by Crippen LogP contribution is -2.25. The molecule has 3 heterocycles. The molecule has 0 fully saturated rings. The minimum atomic E-state index is 0.691. The van der Waals surface area contributed by atoms with Gasteiger partial charge in [-0.3, -0.25) is 9.88 Å². The molecule has 0 radical (unpaired) electrons. The average molecular weight is 428 g/mol. The average Bonchev–Trinajstić information content (AvgIpc) is 3.11. The zero-order valence-electron chi connectivity index (χ0n) is 18.5. The van der Waals surface area contributed by atoms with Gasteiger partial charge in [-0.05, 0) is 49.0 Å². The third-order valence-corrected chi connectivity index (χ3v) is 5.97. The summed E-state index contributed by atoms with van der Waals surface area (Å²) in [5, 5.41) is 1.16. The van der Waals surface area contributed by atoms with Gasteiger partial charge in [0.25, 0.3) is 0 Å². The Kier molecular flexibility index (Phi) is 6.19. The Morgan fingerprint density at radius 1 is 1.03 bits per heavy atom. The van der Waals surface area contributed by atoms with Gasteiger partial charge in [-0.15, -0.1) is 0 Å². The predicted octanol–water partition coefficient (Wildman–Crippen LogP) is 4.90. The number of benzene rings is 2. The maximum atomic E-state index is 6.05. The molecule has 5 heteroatoms. The molecule has 0 saturated carbocycles. The van der Waals surface area contributed by atoms with Crippen LogP contribution in [-0.2, 0) is 26.1 Å². The first-order valence-corrected chi connectivity index (χ1v) is 11.3. The van der Waals surface area contributed by atoms with Gasteiger partial charge in [-0.25, -0.2) is 0 Å². The maximum absolute atomic E-state index is 6.05. The lowest BCUT2D eigenvalue weighted by atomic mass is 10.1. The molecule has 0 bridgehead atoms. The van der Waals surface area contributed by atoms with Gasteiger partial charge in [0, 0.05) is 55.4 Å². The number of aromatic nitrogens is 1. The summed E-state index contributed by atoms with van der Waals surface area (Å²) in [4.78, 5) is 9.17. The van der Waals surface area contributed by atoms with E-state index in [0.717, 1.165) is 67.3 Å². The van der Waals surface area contributed by atoms with Gasteiger partial charge in [0.2, 0.25) is 0 Å². The van der Waals surface area contributed by atoms with Gasteiger partial charge in [0.15, 0.2) is 0 Å². The van der Waals surface area contributed by atoms with Gasteiger partial charge < -0.3 is 14.1 Å². The second-order valence-corrected chi connectivity index (χ2v) is 8.56. The molecule has 0 amide bonds. The van der Waals surface area contributed by atoms with Crippen molar-refractivity contribution in [1.29, 1.82) is 0 Å². The van der Waals surface area contributed by atoms with Crippen LogP contribution in [0.15, 0.2) is 77.3 Å². The fourth-order valence-corrected chi connectivity index (χ4v) is 4.31. The number of ether oxygens (including phenoxy) is 1. The largest absolute Gasteiger partial charge is 0.492 e. The molecule has 5 rings (SSSR count). The summed E-state index contributed by atoms with van der Waals surface area (Å²) >= 11 is 0. The van der Waals surface area contributed by atoms with Gasteiger partial charge in [0.05, 0.1) is 6.54 Å². The van der Waals surface area contributed by atoms with E-state index in [-0.39, 0.29) is 0 Å². The van der Waals surface area contributed by atoms with Crippen molar-refractivity contribution in [2.45, 2.75) is 26.1 Å². The molecular weight excluding hydrogens is 398 g/mol. The van der Waals surface area contributed by atoms with E-state index in [4.69, 9.17) is 9.15 Å². The molecule has 0 unspecified atom stereocenters. The van der Waals surface area contributed by atoms with Crippen LogP contribution in [0.25, 0.3) is 11.0 Å². The van der Waals surface area contributed by atoms with Gasteiger partial charge in [0.1, 0.15) is 23.7 Å². The van der Waals surface area contributed by atoms with E-state index >= 15 is 0 Å². The molecule has 0 aliphatic carbocycles. The van der Waals surface area contributed by atoms with E-state index in [0.29, 0.717) is 6.61 Å². The van der Waals surface area contributed by atoms with Crippen LogP contribution in [0.2, 0.25) is 0 Å². The first-order chi connectivity index (χ1) is 15.7. The Hall–Kier alpha value is -3.15. The first kappa shape index (κ1) is 20.7. The number of likely N-dealkylation sites (N-methyl/N-ethyl adjacent to an activating group) is 1. The van der Waals surface area contributed by atoms with Crippen molar-refractivity contribution in [3.8, 4) is 5.75 Å². The van der Waals surface area contributed by atoms with E-state index in [1.54, 1.807) is 0 Å². The number of rotatable bonds is 7. The van der Waals surface area contributed by atoms with E-state index in [9.17, 15) is 0 Å². The van der Waals surface area contributed by atoms with Crippen molar-refractivity contribution < 1.29 is 9.15 Å². The van der Waals surface area contributed by atoms with Crippen LogP contribution >= 0.6 is 0 Å². The minimum absolute atomic E-state index is 0.691. The van der Waals surface area contributed by atoms with E-state index < -0.39 is 0 Å². The Morgan fingerprint density at radius 2 is 1.94 bits per heavy atom. The highest BCUT2D eigenvalue weighted by Crippen LogP contribution is 2.27. The Labute approximate surface area is 189 Å². The quantitative estimate of drug-likeness (QED) is 0.420. The molecule has 1 aliphatic heterocycles. The second-order valence-electron chi connectivity index (χ2n) is 8.56. The highest BCUT2D eigenvalue weighted by molar-refractivity contribution is 5.77. The minimum Gasteiger partial charge on any atom is -0.492 e. The third-order valence-electron chi connectivity index (χ3n) is 5.97. The summed E-state index contributed by atoms with van der Waals surface area (Å²) in [6.07, 6.45) is 2.82. The normalized spacial score (nSPS) is 14.3. The standard InChI is InChI=1S/C27H29N3O2/c1-29(13-11-24-7-4-5-12-28-24)18-21-9-10-26-23(16-21)19-30(14-15-31-26)20-25-17-22-6-2-3-8-27(22)32-25/h2-10,12,16-17H,11,13-15,18-20H2,1H3. The van der Waals surface area contributed by atoms with Crippen LogP contribution in [-0.4, -0.2) is 41.5 Å². The Balaban J connectivity index is 1.23. The van der Waals surface area contributed by atoms with Crippen molar-refractivity contribution in [2.75, 3.05) is 26.7 Å². The maximum Gasteiger partial charge on any atom is 0.134 e. The number of hydrogen-bond donors (Lipinski definition) is 0. The zero-order chi connectivity index (χ0) is 21.8. The van der Waals surface area contributed by atoms with Crippen LogP contribution in [0.4, 0.5) is 0 Å². The SMILES string of the molecule is CN(CCc1ccccn1)Cc1ccc2c(c1)CN(Cc1cc3ccccc3o1)CCO2. The number of hydrogen-bond acceptors (Lipinski definition) is 5. The van der Waals surface area contributed by atoms with Crippen LogP contribution in [0.5, 0.6) is 5.75 Å². The van der Waals surface area contributed by atoms with Gasteiger partial charge >= 0.3 is 0 Å². The van der Waals surface area contributed by atoms with Crippen LogP contribution in [0.1, 0.15) is 22.6 Å². The lowest BCUT2D eigenvalue weighted by Gasteiger charge is -2.19. The molecule has 32 heavy (non-hydrogen) atoms.